The van der Waals surface area contributed by atoms with Gasteiger partial charge in [-0.25, -0.2) is 5.43 Å². The number of hydrogen-bond acceptors (Lipinski definition) is 7. The first kappa shape index (κ1) is 22.7. The van der Waals surface area contributed by atoms with Crippen molar-refractivity contribution >= 4 is 40.6 Å². The summed E-state index contributed by atoms with van der Waals surface area (Å²) in [5.74, 6) is -0.794. The van der Waals surface area contributed by atoms with Gasteiger partial charge in [-0.05, 0) is 48.6 Å². The van der Waals surface area contributed by atoms with Crippen LogP contribution in [0.2, 0.25) is 5.02 Å². The lowest BCUT2D eigenvalue weighted by Gasteiger charge is -2.05. The number of halogens is 1. The SMILES string of the molecule is CC(=O)Nc1ccc(/C(C)=N\NC(=O)c2ccc(Cn3nc([N+](=O)[O-])c(Cl)c3C)o2)cc1. The number of carbonyl (C=O) groups excluding carboxylic acids is 2. The van der Waals surface area contributed by atoms with Crippen LogP contribution in [-0.4, -0.2) is 32.2 Å². The maximum absolute atomic E-state index is 12.3. The molecule has 0 aliphatic rings. The third-order valence-electron chi connectivity index (χ3n) is 4.43. The maximum Gasteiger partial charge on any atom is 0.408 e. The largest absolute Gasteiger partial charge is 0.454 e. The molecule has 2 N–H and O–H groups in total. The molecule has 1 aromatic carbocycles. The number of hydrogen-bond donors (Lipinski definition) is 2. The Hall–Kier alpha value is -3.99. The van der Waals surface area contributed by atoms with Crippen molar-refractivity contribution < 1.29 is 18.9 Å². The van der Waals surface area contributed by atoms with Crippen LogP contribution in [0.4, 0.5) is 11.5 Å². The van der Waals surface area contributed by atoms with Crippen molar-refractivity contribution in [1.82, 2.24) is 15.2 Å². The van der Waals surface area contributed by atoms with E-state index < -0.39 is 16.6 Å². The predicted molar refractivity (Wildman–Crippen MR) is 117 cm³/mol. The standard InChI is InChI=1S/C20H19ClN6O5/c1-11(14-4-6-15(7-5-14)22-13(3)28)23-24-20(29)17-9-8-16(32-17)10-26-12(2)18(21)19(25-26)27(30)31/h4-9H,10H2,1-3H3,(H,22,28)(H,24,29)/b23-11-. The Bertz CT molecular complexity index is 1210. The second kappa shape index (κ2) is 9.43. The van der Waals surface area contributed by atoms with Gasteiger partial charge in [-0.2, -0.15) is 9.78 Å². The second-order valence-electron chi connectivity index (χ2n) is 6.80. The van der Waals surface area contributed by atoms with E-state index in [4.69, 9.17) is 16.0 Å². The minimum absolute atomic E-state index is 0.0166. The molecule has 0 bridgehead atoms. The lowest BCUT2D eigenvalue weighted by Crippen LogP contribution is -2.18. The van der Waals surface area contributed by atoms with Crippen molar-refractivity contribution in [2.45, 2.75) is 27.3 Å². The average Bonchev–Trinajstić information content (AvgIpc) is 3.32. The number of hydrazone groups is 1. The number of nitrogens with zero attached hydrogens (tertiary/aromatic N) is 4. The van der Waals surface area contributed by atoms with Crippen molar-refractivity contribution in [3.05, 3.63) is 74.3 Å². The van der Waals surface area contributed by atoms with Crippen LogP contribution in [0.3, 0.4) is 0 Å². The van der Waals surface area contributed by atoms with E-state index in [2.05, 4.69) is 20.9 Å². The Kier molecular flexibility index (Phi) is 6.69. The molecular weight excluding hydrogens is 440 g/mol. The first-order chi connectivity index (χ1) is 15.2. The van der Waals surface area contributed by atoms with Gasteiger partial charge in [0, 0.05) is 12.6 Å². The molecule has 0 saturated carbocycles. The van der Waals surface area contributed by atoms with Gasteiger partial charge in [-0.1, -0.05) is 23.7 Å². The van der Waals surface area contributed by atoms with Gasteiger partial charge in [-0.15, -0.1) is 0 Å². The molecule has 166 valence electrons. The Morgan fingerprint density at radius 1 is 1.22 bits per heavy atom. The van der Waals surface area contributed by atoms with Crippen LogP contribution in [0.15, 0.2) is 45.9 Å². The van der Waals surface area contributed by atoms with Crippen LogP contribution < -0.4 is 10.7 Å². The summed E-state index contributed by atoms with van der Waals surface area (Å²) in [6, 6.07) is 10.0. The van der Waals surface area contributed by atoms with E-state index >= 15 is 0 Å². The van der Waals surface area contributed by atoms with Crippen LogP contribution >= 0.6 is 11.6 Å². The summed E-state index contributed by atoms with van der Waals surface area (Å²) in [6.45, 7) is 4.80. The number of aromatic nitrogens is 2. The highest BCUT2D eigenvalue weighted by Gasteiger charge is 2.24. The molecule has 3 rings (SSSR count). The van der Waals surface area contributed by atoms with Crippen molar-refractivity contribution in [3.63, 3.8) is 0 Å². The summed E-state index contributed by atoms with van der Waals surface area (Å²) in [5, 5.41) is 21.5. The summed E-state index contributed by atoms with van der Waals surface area (Å²) in [4.78, 5) is 33.7. The molecule has 32 heavy (non-hydrogen) atoms. The highest BCUT2D eigenvalue weighted by atomic mass is 35.5. The van der Waals surface area contributed by atoms with Gasteiger partial charge in [-0.3, -0.25) is 9.59 Å². The summed E-state index contributed by atoms with van der Waals surface area (Å²) in [7, 11) is 0. The highest BCUT2D eigenvalue weighted by molar-refractivity contribution is 6.33. The molecule has 2 aromatic heterocycles. The van der Waals surface area contributed by atoms with Crippen molar-refractivity contribution in [3.8, 4) is 0 Å². The Labute approximate surface area is 187 Å². The van der Waals surface area contributed by atoms with E-state index in [0.717, 1.165) is 5.56 Å². The van der Waals surface area contributed by atoms with Crippen LogP contribution in [0.5, 0.6) is 0 Å². The van der Waals surface area contributed by atoms with Crippen molar-refractivity contribution in [2.24, 2.45) is 5.10 Å². The van der Waals surface area contributed by atoms with Gasteiger partial charge in [0.15, 0.2) is 10.8 Å². The minimum Gasteiger partial charge on any atom is -0.454 e. The van der Waals surface area contributed by atoms with E-state index in [1.807, 2.05) is 0 Å². The summed E-state index contributed by atoms with van der Waals surface area (Å²) in [5.41, 5.74) is 4.78. The molecule has 3 aromatic rings. The molecule has 0 spiro atoms. The van der Waals surface area contributed by atoms with Crippen molar-refractivity contribution in [1.29, 1.82) is 0 Å². The van der Waals surface area contributed by atoms with Crippen LogP contribution in [0.25, 0.3) is 0 Å². The van der Waals surface area contributed by atoms with Crippen molar-refractivity contribution in [2.75, 3.05) is 5.32 Å². The fraction of sp³-hybridized carbons (Fsp3) is 0.200. The molecular formula is C20H19ClN6O5. The lowest BCUT2D eigenvalue weighted by atomic mass is 10.1. The number of rotatable bonds is 7. The Morgan fingerprint density at radius 2 is 1.91 bits per heavy atom. The van der Waals surface area contributed by atoms with Gasteiger partial charge in [0.25, 0.3) is 0 Å². The first-order valence-corrected chi connectivity index (χ1v) is 9.72. The zero-order valence-electron chi connectivity index (χ0n) is 17.4. The number of amides is 2. The molecule has 2 amide bonds. The number of carbonyl (C=O) groups is 2. The van der Waals surface area contributed by atoms with E-state index in [1.165, 1.54) is 17.7 Å². The molecule has 0 saturated heterocycles. The fourth-order valence-corrected chi connectivity index (χ4v) is 2.97. The zero-order valence-corrected chi connectivity index (χ0v) is 18.1. The van der Waals surface area contributed by atoms with Crippen LogP contribution in [0, 0.1) is 17.0 Å². The van der Waals surface area contributed by atoms with Gasteiger partial charge < -0.3 is 19.8 Å². The highest BCUT2D eigenvalue weighted by Crippen LogP contribution is 2.27. The van der Waals surface area contributed by atoms with Crippen LogP contribution in [-0.2, 0) is 11.3 Å². The lowest BCUT2D eigenvalue weighted by molar-refractivity contribution is -0.389. The molecule has 0 aliphatic heterocycles. The molecule has 0 fully saturated rings. The smallest absolute Gasteiger partial charge is 0.408 e. The second-order valence-corrected chi connectivity index (χ2v) is 7.18. The normalized spacial score (nSPS) is 11.3. The maximum atomic E-state index is 12.3. The molecule has 2 heterocycles. The molecule has 0 atom stereocenters. The van der Waals surface area contributed by atoms with E-state index in [-0.39, 0.29) is 23.2 Å². The van der Waals surface area contributed by atoms with Gasteiger partial charge >= 0.3 is 11.7 Å². The molecule has 0 unspecified atom stereocenters. The number of benzene rings is 1. The average molecular weight is 459 g/mol. The minimum atomic E-state index is -0.666. The number of nitrogens with one attached hydrogen (secondary N) is 2. The van der Waals surface area contributed by atoms with Crippen LogP contribution in [0.1, 0.15) is 41.4 Å². The summed E-state index contributed by atoms with van der Waals surface area (Å²) in [6.07, 6.45) is 0. The van der Waals surface area contributed by atoms with Gasteiger partial charge in [0.1, 0.15) is 12.3 Å². The summed E-state index contributed by atoms with van der Waals surface area (Å²) < 4.78 is 6.84. The van der Waals surface area contributed by atoms with E-state index in [1.54, 1.807) is 44.2 Å². The fourth-order valence-electron chi connectivity index (χ4n) is 2.76. The molecule has 11 nitrogen and oxygen atoms in total. The van der Waals surface area contributed by atoms with Gasteiger partial charge in [0.2, 0.25) is 5.91 Å². The quantitative estimate of drug-likeness (QED) is 0.315. The Morgan fingerprint density at radius 3 is 2.50 bits per heavy atom. The van der Waals surface area contributed by atoms with E-state index in [0.29, 0.717) is 22.9 Å². The number of nitro groups is 1. The Balaban J connectivity index is 1.65. The monoisotopic (exact) mass is 458 g/mol. The summed E-state index contributed by atoms with van der Waals surface area (Å²) >= 11 is 5.93. The first-order valence-electron chi connectivity index (χ1n) is 9.34. The molecule has 0 aliphatic carbocycles. The number of anilines is 1. The zero-order chi connectivity index (χ0) is 23.4. The topological polar surface area (TPSA) is 145 Å². The van der Waals surface area contributed by atoms with Gasteiger partial charge in [0.05, 0.1) is 16.5 Å². The molecule has 12 heteroatoms. The number of furan rings is 1. The molecule has 0 radical (unpaired) electrons. The third-order valence-corrected chi connectivity index (χ3v) is 4.87. The third kappa shape index (κ3) is 5.19. The predicted octanol–water partition coefficient (Wildman–Crippen LogP) is 3.51. The van der Waals surface area contributed by atoms with E-state index in [9.17, 15) is 19.7 Å².